The summed E-state index contributed by atoms with van der Waals surface area (Å²) >= 11 is 4.98. The van der Waals surface area contributed by atoms with Gasteiger partial charge < -0.3 is 18.8 Å². The third-order valence-corrected chi connectivity index (χ3v) is 5.87. The summed E-state index contributed by atoms with van der Waals surface area (Å²) in [6.07, 6.45) is 3.16. The number of carbonyl (C=O) groups excluding carboxylic acids is 1. The van der Waals surface area contributed by atoms with Crippen LogP contribution in [0.2, 0.25) is 0 Å². The number of hydrogen-bond acceptors (Lipinski definition) is 5. The summed E-state index contributed by atoms with van der Waals surface area (Å²) < 4.78 is 20.1. The van der Waals surface area contributed by atoms with E-state index in [0.717, 1.165) is 20.3 Å². The van der Waals surface area contributed by atoms with E-state index in [4.69, 9.17) is 14.2 Å². The molecule has 1 heterocycles. The zero-order valence-corrected chi connectivity index (χ0v) is 19.5. The summed E-state index contributed by atoms with van der Waals surface area (Å²) in [6.45, 7) is 3.79. The van der Waals surface area contributed by atoms with Crippen LogP contribution in [0.15, 0.2) is 51.9 Å². The molecule has 3 aromatic rings. The molecule has 0 aliphatic rings. The summed E-state index contributed by atoms with van der Waals surface area (Å²) in [6, 6.07) is 11.5. The normalized spacial score (nSPS) is 12.1. The maximum Gasteiger partial charge on any atom is 0.272 e. The highest BCUT2D eigenvalue weighted by molar-refractivity contribution is 9.10. The number of benzene rings is 2. The van der Waals surface area contributed by atoms with Crippen molar-refractivity contribution in [1.82, 2.24) is 4.57 Å². The van der Waals surface area contributed by atoms with Crippen molar-refractivity contribution in [1.29, 1.82) is 0 Å². The first-order valence-corrected chi connectivity index (χ1v) is 11.0. The van der Waals surface area contributed by atoms with Crippen LogP contribution < -0.4 is 14.3 Å². The van der Waals surface area contributed by atoms with Gasteiger partial charge in [0.2, 0.25) is 0 Å². The van der Waals surface area contributed by atoms with Gasteiger partial charge in [0, 0.05) is 23.7 Å². The number of hydrogen-bond donors (Lipinski definition) is 0. The highest BCUT2D eigenvalue weighted by atomic mass is 79.9. The summed E-state index contributed by atoms with van der Waals surface area (Å²) in [5, 5.41) is 0. The molecule has 1 amide bonds. The largest absolute Gasteiger partial charge is 0.493 e. The monoisotopic (exact) mass is 490 g/mol. The molecule has 1 aromatic heterocycles. The van der Waals surface area contributed by atoms with Crippen molar-refractivity contribution in [3.8, 4) is 11.5 Å². The number of aromatic nitrogens is 1. The Morgan fingerprint density at radius 2 is 1.97 bits per heavy atom. The lowest BCUT2D eigenvalue weighted by Crippen LogP contribution is -2.19. The molecule has 0 fully saturated rings. The first-order chi connectivity index (χ1) is 14.5. The maximum absolute atomic E-state index is 12.5. The number of thiazole rings is 1. The van der Waals surface area contributed by atoms with E-state index in [1.807, 2.05) is 41.8 Å². The average Bonchev–Trinajstić information content (AvgIpc) is 3.08. The summed E-state index contributed by atoms with van der Waals surface area (Å²) in [5.41, 5.74) is 1.85. The summed E-state index contributed by atoms with van der Waals surface area (Å²) in [5.74, 6) is 0.908. The summed E-state index contributed by atoms with van der Waals surface area (Å²) in [7, 11) is 3.16. The van der Waals surface area contributed by atoms with Crippen LogP contribution in [-0.4, -0.2) is 37.9 Å². The first kappa shape index (κ1) is 22.3. The molecule has 0 saturated heterocycles. The molecule has 0 bridgehead atoms. The summed E-state index contributed by atoms with van der Waals surface area (Å²) in [4.78, 5) is 17.5. The van der Waals surface area contributed by atoms with Crippen molar-refractivity contribution in [2.75, 3.05) is 27.4 Å². The van der Waals surface area contributed by atoms with Crippen LogP contribution in [0.4, 0.5) is 0 Å². The van der Waals surface area contributed by atoms with Crippen molar-refractivity contribution in [3.05, 3.63) is 57.3 Å². The van der Waals surface area contributed by atoms with Crippen LogP contribution in [-0.2, 0) is 16.1 Å². The molecule has 0 unspecified atom stereocenters. The Balaban J connectivity index is 1.90. The molecule has 158 valence electrons. The Bertz CT molecular complexity index is 1130. The molecule has 8 heteroatoms. The number of amides is 1. The SMILES string of the molecule is CCOCCn1c(=NC(=O)/C=C\c2ccc(OC)c(OC)c2)sc2cc(Br)ccc21. The van der Waals surface area contributed by atoms with Gasteiger partial charge in [0.15, 0.2) is 16.3 Å². The molecule has 0 atom stereocenters. The molecule has 0 radical (unpaired) electrons. The quantitative estimate of drug-likeness (QED) is 0.340. The fraction of sp³-hybridized carbons (Fsp3) is 0.273. The zero-order valence-electron chi connectivity index (χ0n) is 17.1. The van der Waals surface area contributed by atoms with Crippen LogP contribution in [0.1, 0.15) is 12.5 Å². The van der Waals surface area contributed by atoms with Crippen LogP contribution in [0, 0.1) is 0 Å². The fourth-order valence-corrected chi connectivity index (χ4v) is 4.52. The van der Waals surface area contributed by atoms with E-state index in [0.29, 0.717) is 36.1 Å². The third-order valence-electron chi connectivity index (χ3n) is 4.34. The van der Waals surface area contributed by atoms with Gasteiger partial charge >= 0.3 is 0 Å². The Morgan fingerprint density at radius 1 is 1.17 bits per heavy atom. The van der Waals surface area contributed by atoms with E-state index in [1.54, 1.807) is 26.4 Å². The van der Waals surface area contributed by atoms with Gasteiger partial charge in [0.05, 0.1) is 31.0 Å². The van der Waals surface area contributed by atoms with Crippen molar-refractivity contribution in [3.63, 3.8) is 0 Å². The second-order valence-electron chi connectivity index (χ2n) is 6.24. The lowest BCUT2D eigenvalue weighted by Gasteiger charge is -2.07. The molecule has 30 heavy (non-hydrogen) atoms. The standard InChI is InChI=1S/C22H23BrN2O4S/c1-4-29-12-11-25-17-8-7-16(23)14-20(17)30-22(25)24-21(26)10-6-15-5-9-18(27-2)19(13-15)28-3/h5-10,13-14H,4,11-12H2,1-3H3/b10-6-,24-22?. The van der Waals surface area contributed by atoms with E-state index in [1.165, 1.54) is 17.4 Å². The first-order valence-electron chi connectivity index (χ1n) is 9.41. The fourth-order valence-electron chi connectivity index (χ4n) is 2.90. The zero-order chi connectivity index (χ0) is 21.5. The minimum atomic E-state index is -0.333. The number of nitrogens with zero attached hydrogens (tertiary/aromatic N) is 2. The molecule has 0 N–H and O–H groups in total. The maximum atomic E-state index is 12.5. The number of fused-ring (bicyclic) bond motifs is 1. The highest BCUT2D eigenvalue weighted by Crippen LogP contribution is 2.28. The van der Waals surface area contributed by atoms with Gasteiger partial charge in [-0.2, -0.15) is 4.99 Å². The minimum absolute atomic E-state index is 0.333. The number of rotatable bonds is 8. The van der Waals surface area contributed by atoms with E-state index in [-0.39, 0.29) is 5.91 Å². The number of ether oxygens (including phenoxy) is 3. The van der Waals surface area contributed by atoms with E-state index in [9.17, 15) is 4.79 Å². The van der Waals surface area contributed by atoms with Gasteiger partial charge in [0.1, 0.15) is 0 Å². The van der Waals surface area contributed by atoms with Gasteiger partial charge in [-0.1, -0.05) is 33.3 Å². The predicted molar refractivity (Wildman–Crippen MR) is 123 cm³/mol. The van der Waals surface area contributed by atoms with Crippen LogP contribution in [0.25, 0.3) is 16.3 Å². The van der Waals surface area contributed by atoms with Crippen molar-refractivity contribution < 1.29 is 19.0 Å². The van der Waals surface area contributed by atoms with Gasteiger partial charge in [0.25, 0.3) is 5.91 Å². The molecule has 0 saturated carbocycles. The van der Waals surface area contributed by atoms with Crippen LogP contribution >= 0.6 is 27.3 Å². The lowest BCUT2D eigenvalue weighted by molar-refractivity contribution is -0.113. The Kier molecular flexibility index (Phi) is 7.84. The van der Waals surface area contributed by atoms with Gasteiger partial charge in [-0.25, -0.2) is 0 Å². The van der Waals surface area contributed by atoms with Crippen LogP contribution in [0.5, 0.6) is 11.5 Å². The number of halogens is 1. The molecule has 0 aliphatic carbocycles. The van der Waals surface area contributed by atoms with Crippen molar-refractivity contribution in [2.45, 2.75) is 13.5 Å². The Hall–Kier alpha value is -2.42. The topological polar surface area (TPSA) is 62.1 Å². The number of methoxy groups -OCH3 is 2. The molecule has 6 nitrogen and oxygen atoms in total. The average molecular weight is 491 g/mol. The predicted octanol–water partition coefficient (Wildman–Crippen LogP) is 4.66. The molecule has 0 spiro atoms. The van der Waals surface area contributed by atoms with Crippen molar-refractivity contribution in [2.24, 2.45) is 4.99 Å². The van der Waals surface area contributed by atoms with Gasteiger partial charge in [-0.05, 0) is 48.9 Å². The molecular formula is C22H23BrN2O4S. The third kappa shape index (κ3) is 5.38. The Morgan fingerprint density at radius 3 is 2.70 bits per heavy atom. The molecular weight excluding hydrogens is 468 g/mol. The van der Waals surface area contributed by atoms with E-state index in [2.05, 4.69) is 20.9 Å². The molecule has 2 aromatic carbocycles. The smallest absolute Gasteiger partial charge is 0.272 e. The van der Waals surface area contributed by atoms with E-state index < -0.39 is 0 Å². The van der Waals surface area contributed by atoms with E-state index >= 15 is 0 Å². The van der Waals surface area contributed by atoms with Crippen LogP contribution in [0.3, 0.4) is 0 Å². The minimum Gasteiger partial charge on any atom is -0.493 e. The van der Waals surface area contributed by atoms with Crippen molar-refractivity contribution >= 4 is 49.5 Å². The highest BCUT2D eigenvalue weighted by Gasteiger charge is 2.08. The second kappa shape index (κ2) is 10.6. The van der Waals surface area contributed by atoms with Gasteiger partial charge in [-0.3, -0.25) is 4.79 Å². The second-order valence-corrected chi connectivity index (χ2v) is 8.17. The molecule has 0 aliphatic heterocycles. The molecule has 3 rings (SSSR count). The van der Waals surface area contributed by atoms with Gasteiger partial charge in [-0.15, -0.1) is 0 Å². The number of carbonyl (C=O) groups is 1. The Labute approximate surface area is 187 Å². The lowest BCUT2D eigenvalue weighted by atomic mass is 10.2.